The van der Waals surface area contributed by atoms with Crippen LogP contribution < -0.4 is 21.3 Å². The highest BCUT2D eigenvalue weighted by atomic mass is 32.1. The zero-order valence-corrected chi connectivity index (χ0v) is 37.6. The number of rotatable bonds is 6. The van der Waals surface area contributed by atoms with Crippen LogP contribution in [0.5, 0.6) is 0 Å². The van der Waals surface area contributed by atoms with E-state index >= 15 is 4.39 Å². The SMILES string of the molecule is CC(C)(C)c1nc(-c2cccc(N)c2F)c(-c2ccnc(Nc3ccc(N4CCN(C(=O)C5CCCCC5)CC4)cn3)n2)s1.CN1CCc2ccccc2C1.O=C1CCCC(=O)N1. The average Bonchev–Trinajstić information content (AvgIpc) is 3.75. The standard InChI is InChI=1S/C33H39FN8OS.C10H13N.C5H7NO2/c1-33(2,3)31-40-28(23-10-7-11-24(35)27(23)34)29(44-31)25-14-15-36-32(38-25)39-26-13-12-22(20-37-26)41-16-18-42(19-17-41)30(43)21-8-5-4-6-9-21;1-11-7-6-9-4-2-3-5-10(9)8-11;7-4-2-1-3-5(8)6-4/h7,10-15,20-21H,4-6,8-9,16-19,35H2,1-3H3,(H,36,37,38,39);2-5H,6-8H2,1H3;1-3H2,(H,6,7,8). The first-order valence-corrected chi connectivity index (χ1v) is 22.9. The van der Waals surface area contributed by atoms with Crippen LogP contribution >= 0.6 is 11.3 Å². The number of hydrogen-bond acceptors (Lipinski definition) is 12. The monoisotopic (exact) mass is 874 g/mol. The summed E-state index contributed by atoms with van der Waals surface area (Å²) in [5, 5.41) is 6.28. The van der Waals surface area contributed by atoms with Crippen LogP contribution in [0, 0.1) is 11.7 Å². The minimum absolute atomic E-state index is 0.0770. The van der Waals surface area contributed by atoms with E-state index in [2.05, 4.69) is 82.5 Å². The zero-order valence-electron chi connectivity index (χ0n) is 36.8. The molecule has 0 unspecified atom stereocenters. The molecule has 3 amide bonds. The number of amides is 3. The van der Waals surface area contributed by atoms with E-state index in [1.165, 1.54) is 54.7 Å². The fraction of sp³-hybridized carbons (Fsp3) is 0.438. The van der Waals surface area contributed by atoms with Gasteiger partial charge in [0.2, 0.25) is 23.7 Å². The highest BCUT2D eigenvalue weighted by molar-refractivity contribution is 7.15. The number of nitrogens with two attached hydrogens (primary N) is 1. The summed E-state index contributed by atoms with van der Waals surface area (Å²) in [5.74, 6) is 0.768. The van der Waals surface area contributed by atoms with Gasteiger partial charge in [0.25, 0.3) is 0 Å². The van der Waals surface area contributed by atoms with Gasteiger partial charge in [0.1, 0.15) is 5.82 Å². The molecule has 0 radical (unpaired) electrons. The van der Waals surface area contributed by atoms with E-state index < -0.39 is 5.82 Å². The molecule has 332 valence electrons. The Labute approximate surface area is 373 Å². The number of aromatic nitrogens is 4. The summed E-state index contributed by atoms with van der Waals surface area (Å²) in [5.41, 5.74) is 11.3. The van der Waals surface area contributed by atoms with E-state index in [9.17, 15) is 14.4 Å². The summed E-state index contributed by atoms with van der Waals surface area (Å²) >= 11 is 1.49. The molecular weight excluding hydrogens is 816 g/mol. The number of hydrogen-bond donors (Lipinski definition) is 3. The summed E-state index contributed by atoms with van der Waals surface area (Å²) in [7, 11) is 2.18. The predicted octanol–water partition coefficient (Wildman–Crippen LogP) is 8.14. The lowest BCUT2D eigenvalue weighted by molar-refractivity contribution is -0.137. The van der Waals surface area contributed by atoms with Crippen molar-refractivity contribution < 1.29 is 18.8 Å². The van der Waals surface area contributed by atoms with Gasteiger partial charge in [-0.05, 0) is 74.2 Å². The fourth-order valence-electron chi connectivity index (χ4n) is 8.16. The largest absolute Gasteiger partial charge is 0.396 e. The number of anilines is 4. The van der Waals surface area contributed by atoms with Crippen molar-refractivity contribution in [1.82, 2.24) is 35.1 Å². The predicted molar refractivity (Wildman–Crippen MR) is 248 cm³/mol. The molecule has 5 aromatic rings. The molecule has 1 saturated carbocycles. The minimum Gasteiger partial charge on any atom is -0.396 e. The number of thiazole rings is 1. The van der Waals surface area contributed by atoms with Crippen LogP contribution in [0.15, 0.2) is 73.1 Å². The van der Waals surface area contributed by atoms with Crippen molar-refractivity contribution >= 4 is 52.2 Å². The molecule has 1 aliphatic carbocycles. The first kappa shape index (κ1) is 45.2. The number of carbonyl (C=O) groups is 3. The maximum atomic E-state index is 15.1. The number of halogens is 1. The molecule has 3 aromatic heterocycles. The van der Waals surface area contributed by atoms with E-state index in [1.54, 1.807) is 30.5 Å². The van der Waals surface area contributed by atoms with Gasteiger partial charge in [-0.25, -0.2) is 24.3 Å². The second-order valence-corrected chi connectivity index (χ2v) is 18.7. The molecule has 6 heterocycles. The molecule has 15 heteroatoms. The van der Waals surface area contributed by atoms with Crippen LogP contribution in [0.4, 0.5) is 27.5 Å². The van der Waals surface area contributed by atoms with Crippen molar-refractivity contribution in [3.63, 3.8) is 0 Å². The van der Waals surface area contributed by atoms with Gasteiger partial charge < -0.3 is 25.8 Å². The maximum Gasteiger partial charge on any atom is 0.228 e. The van der Waals surface area contributed by atoms with E-state index in [4.69, 9.17) is 15.7 Å². The molecular formula is C48H59FN10O3S. The number of nitrogens with one attached hydrogen (secondary N) is 2. The van der Waals surface area contributed by atoms with E-state index in [0.717, 1.165) is 61.1 Å². The number of imide groups is 1. The van der Waals surface area contributed by atoms with Crippen LogP contribution in [0.2, 0.25) is 0 Å². The van der Waals surface area contributed by atoms with Crippen molar-refractivity contribution in [1.29, 1.82) is 0 Å². The Bertz CT molecular complexity index is 2350. The Balaban J connectivity index is 0.000000255. The molecule has 0 atom stereocenters. The molecule has 3 aliphatic heterocycles. The molecule has 63 heavy (non-hydrogen) atoms. The lowest BCUT2D eigenvalue weighted by Crippen LogP contribution is -2.50. The van der Waals surface area contributed by atoms with Crippen LogP contribution in [-0.2, 0) is 32.8 Å². The molecule has 4 N–H and O–H groups in total. The van der Waals surface area contributed by atoms with Crippen molar-refractivity contribution in [2.75, 3.05) is 55.7 Å². The van der Waals surface area contributed by atoms with Crippen LogP contribution in [0.1, 0.15) is 88.3 Å². The van der Waals surface area contributed by atoms with Crippen molar-refractivity contribution in [3.05, 3.63) is 95.0 Å². The second kappa shape index (κ2) is 20.6. The molecule has 2 saturated heterocycles. The number of piperidine rings is 1. The number of nitrogen functional groups attached to an aromatic ring is 1. The van der Waals surface area contributed by atoms with Gasteiger partial charge in [-0.3, -0.25) is 19.7 Å². The molecule has 9 rings (SSSR count). The van der Waals surface area contributed by atoms with Crippen LogP contribution in [-0.4, -0.2) is 87.2 Å². The second-order valence-electron chi connectivity index (χ2n) is 17.7. The Hall–Kier alpha value is -5.80. The number of likely N-dealkylation sites (N-methyl/N-ethyl adjacent to an activating group) is 1. The normalized spacial score (nSPS) is 17.1. The maximum absolute atomic E-state index is 15.1. The Morgan fingerprint density at radius 2 is 1.57 bits per heavy atom. The van der Waals surface area contributed by atoms with E-state index in [1.807, 2.05) is 23.2 Å². The van der Waals surface area contributed by atoms with Gasteiger partial charge in [0.15, 0.2) is 5.82 Å². The Kier molecular flexibility index (Phi) is 14.8. The third-order valence-corrected chi connectivity index (χ3v) is 13.3. The zero-order chi connectivity index (χ0) is 44.5. The first-order chi connectivity index (χ1) is 30.3. The number of carbonyl (C=O) groups excluding carboxylic acids is 3. The minimum atomic E-state index is -0.492. The number of piperazine rings is 1. The molecule has 13 nitrogen and oxygen atoms in total. The van der Waals surface area contributed by atoms with Crippen LogP contribution in [0.3, 0.4) is 0 Å². The van der Waals surface area contributed by atoms with Crippen molar-refractivity contribution in [3.8, 4) is 21.8 Å². The fourth-order valence-corrected chi connectivity index (χ4v) is 9.26. The summed E-state index contributed by atoms with van der Waals surface area (Å²) in [6.45, 7) is 11.6. The lowest BCUT2D eigenvalue weighted by Gasteiger charge is -2.38. The summed E-state index contributed by atoms with van der Waals surface area (Å²) in [6, 6.07) is 19.4. The molecule has 4 aliphatic rings. The number of fused-ring (bicyclic) bond motifs is 1. The Morgan fingerprint density at radius 1 is 0.841 bits per heavy atom. The Morgan fingerprint density at radius 3 is 2.24 bits per heavy atom. The smallest absolute Gasteiger partial charge is 0.228 e. The highest BCUT2D eigenvalue weighted by Crippen LogP contribution is 2.41. The molecule has 2 aromatic carbocycles. The molecule has 0 bridgehead atoms. The van der Waals surface area contributed by atoms with Gasteiger partial charge in [0.05, 0.1) is 38.8 Å². The first-order valence-electron chi connectivity index (χ1n) is 22.1. The average molecular weight is 875 g/mol. The van der Waals surface area contributed by atoms with Gasteiger partial charge >= 0.3 is 0 Å². The van der Waals surface area contributed by atoms with E-state index in [-0.39, 0.29) is 28.8 Å². The van der Waals surface area contributed by atoms with Gasteiger partial charge in [-0.15, -0.1) is 11.3 Å². The van der Waals surface area contributed by atoms with Gasteiger partial charge in [0, 0.05) is 75.2 Å². The highest BCUT2D eigenvalue weighted by Gasteiger charge is 2.29. The summed E-state index contributed by atoms with van der Waals surface area (Å²) < 4.78 is 15.1. The number of nitrogens with zero attached hydrogens (tertiary/aromatic N) is 7. The number of pyridine rings is 1. The lowest BCUT2D eigenvalue weighted by atomic mass is 9.88. The quantitative estimate of drug-likeness (QED) is 0.112. The third kappa shape index (κ3) is 11.8. The molecule has 0 spiro atoms. The molecule has 3 fully saturated rings. The van der Waals surface area contributed by atoms with Gasteiger partial charge in [-0.1, -0.05) is 70.4 Å². The summed E-state index contributed by atoms with van der Waals surface area (Å²) in [6.07, 6.45) is 12.1. The third-order valence-electron chi connectivity index (χ3n) is 11.7. The van der Waals surface area contributed by atoms with Crippen molar-refractivity contribution in [2.24, 2.45) is 5.92 Å². The summed E-state index contributed by atoms with van der Waals surface area (Å²) in [4.78, 5) is 59.7. The van der Waals surface area contributed by atoms with Crippen molar-refractivity contribution in [2.45, 2.75) is 90.5 Å². The topological polar surface area (TPSA) is 163 Å². The van der Waals surface area contributed by atoms with E-state index in [0.29, 0.717) is 53.9 Å². The number of benzene rings is 2. The van der Waals surface area contributed by atoms with Gasteiger partial charge in [-0.2, -0.15) is 0 Å². The van der Waals surface area contributed by atoms with Crippen LogP contribution in [0.25, 0.3) is 21.8 Å².